The summed E-state index contributed by atoms with van der Waals surface area (Å²) in [6, 6.07) is 4.29. The van der Waals surface area contributed by atoms with Gasteiger partial charge < -0.3 is 14.6 Å². The van der Waals surface area contributed by atoms with Crippen molar-refractivity contribution < 1.29 is 19.4 Å². The van der Waals surface area contributed by atoms with Crippen LogP contribution in [0.15, 0.2) is 33.7 Å². The van der Waals surface area contributed by atoms with E-state index in [-0.39, 0.29) is 17.6 Å². The summed E-state index contributed by atoms with van der Waals surface area (Å²) >= 11 is 0. The number of benzene rings is 1. The molecule has 0 saturated heterocycles. The molecule has 5 heteroatoms. The van der Waals surface area contributed by atoms with Crippen molar-refractivity contribution in [2.75, 3.05) is 0 Å². The van der Waals surface area contributed by atoms with Crippen molar-refractivity contribution in [3.8, 4) is 5.75 Å². The van der Waals surface area contributed by atoms with Crippen LogP contribution in [-0.4, -0.2) is 16.2 Å². The van der Waals surface area contributed by atoms with E-state index in [0.29, 0.717) is 29.4 Å². The third kappa shape index (κ3) is 2.51. The molecule has 1 aromatic heterocycles. The predicted molar refractivity (Wildman–Crippen MR) is 64.7 cm³/mol. The summed E-state index contributed by atoms with van der Waals surface area (Å²) in [4.78, 5) is 22.4. The number of aromatic hydroxyl groups is 1. The topological polar surface area (TPSA) is 87.7 Å². The summed E-state index contributed by atoms with van der Waals surface area (Å²) < 4.78 is 5.25. The predicted octanol–water partition coefficient (Wildman–Crippen LogP) is 1.91. The van der Waals surface area contributed by atoms with Crippen LogP contribution in [0.25, 0.3) is 11.0 Å². The van der Waals surface area contributed by atoms with Gasteiger partial charge in [0.2, 0.25) is 0 Å². The van der Waals surface area contributed by atoms with Crippen LogP contribution in [0, 0.1) is 0 Å². The first-order valence-electron chi connectivity index (χ1n) is 5.53. The number of carbonyl (C=O) groups is 1. The molecule has 5 nitrogen and oxygen atoms in total. The normalized spacial score (nSPS) is 10.7. The summed E-state index contributed by atoms with van der Waals surface area (Å²) in [6.07, 6.45) is 2.11. The third-order valence-electron chi connectivity index (χ3n) is 2.67. The summed E-state index contributed by atoms with van der Waals surface area (Å²) in [6.45, 7) is 0. The lowest BCUT2D eigenvalue weighted by atomic mass is 10.1. The van der Waals surface area contributed by atoms with E-state index in [0.717, 1.165) is 0 Å². The molecule has 0 unspecified atom stereocenters. The number of rotatable bonds is 4. The number of hydrogen-bond acceptors (Lipinski definition) is 4. The Morgan fingerprint density at radius 2 is 2.11 bits per heavy atom. The van der Waals surface area contributed by atoms with Crippen LogP contribution in [0.4, 0.5) is 0 Å². The SMILES string of the molecule is O=C(O)CCCc1coc2cc(O)ccc2c1=O. The molecule has 2 N–H and O–H groups in total. The van der Waals surface area contributed by atoms with Crippen molar-refractivity contribution in [2.45, 2.75) is 19.3 Å². The minimum atomic E-state index is -0.884. The quantitative estimate of drug-likeness (QED) is 0.862. The highest BCUT2D eigenvalue weighted by molar-refractivity contribution is 5.78. The van der Waals surface area contributed by atoms with Crippen LogP contribution in [0.5, 0.6) is 5.75 Å². The van der Waals surface area contributed by atoms with Crippen molar-refractivity contribution in [2.24, 2.45) is 0 Å². The molecular formula is C13H12O5. The maximum atomic E-state index is 12.0. The first kappa shape index (κ1) is 12.2. The lowest BCUT2D eigenvalue weighted by Crippen LogP contribution is -2.09. The molecule has 0 aliphatic rings. The molecule has 0 spiro atoms. The minimum Gasteiger partial charge on any atom is -0.508 e. The molecule has 0 atom stereocenters. The van der Waals surface area contributed by atoms with Gasteiger partial charge in [0.15, 0.2) is 5.43 Å². The smallest absolute Gasteiger partial charge is 0.303 e. The van der Waals surface area contributed by atoms with E-state index >= 15 is 0 Å². The van der Waals surface area contributed by atoms with Crippen molar-refractivity contribution in [3.05, 3.63) is 40.2 Å². The fraction of sp³-hybridized carbons (Fsp3) is 0.231. The fourth-order valence-corrected chi connectivity index (χ4v) is 1.76. The molecule has 0 fully saturated rings. The van der Waals surface area contributed by atoms with Crippen molar-refractivity contribution in [1.29, 1.82) is 0 Å². The number of hydrogen-bond donors (Lipinski definition) is 2. The van der Waals surface area contributed by atoms with Gasteiger partial charge in [0.05, 0.1) is 11.6 Å². The van der Waals surface area contributed by atoms with E-state index in [1.165, 1.54) is 24.5 Å². The highest BCUT2D eigenvalue weighted by Crippen LogP contribution is 2.18. The average molecular weight is 248 g/mol. The fourth-order valence-electron chi connectivity index (χ4n) is 1.76. The van der Waals surface area contributed by atoms with Gasteiger partial charge in [-0.1, -0.05) is 0 Å². The Morgan fingerprint density at radius 1 is 1.33 bits per heavy atom. The second-order valence-corrected chi connectivity index (χ2v) is 4.02. The Morgan fingerprint density at radius 3 is 2.83 bits per heavy atom. The van der Waals surface area contributed by atoms with Crippen LogP contribution < -0.4 is 5.43 Å². The second-order valence-electron chi connectivity index (χ2n) is 4.02. The van der Waals surface area contributed by atoms with E-state index < -0.39 is 5.97 Å². The van der Waals surface area contributed by atoms with E-state index in [9.17, 15) is 14.7 Å². The zero-order chi connectivity index (χ0) is 13.1. The van der Waals surface area contributed by atoms with Crippen LogP contribution in [0.2, 0.25) is 0 Å². The molecule has 2 aromatic rings. The molecular weight excluding hydrogens is 236 g/mol. The highest BCUT2D eigenvalue weighted by Gasteiger charge is 2.08. The summed E-state index contributed by atoms with van der Waals surface area (Å²) in [5.74, 6) is -0.852. The Labute approximate surface area is 102 Å². The first-order chi connectivity index (χ1) is 8.58. The molecule has 0 radical (unpaired) electrons. The number of phenols is 1. The van der Waals surface area contributed by atoms with Crippen LogP contribution >= 0.6 is 0 Å². The number of fused-ring (bicyclic) bond motifs is 1. The summed E-state index contributed by atoms with van der Waals surface area (Å²) in [5, 5.41) is 18.2. The number of aliphatic carboxylic acids is 1. The molecule has 0 amide bonds. The standard InChI is InChI=1S/C13H12O5/c14-9-4-5-10-11(6-9)18-7-8(13(10)17)2-1-3-12(15)16/h4-7,14H,1-3H2,(H,15,16). The molecule has 2 rings (SSSR count). The van der Waals surface area contributed by atoms with E-state index in [1.54, 1.807) is 0 Å². The molecule has 18 heavy (non-hydrogen) atoms. The first-order valence-corrected chi connectivity index (χ1v) is 5.53. The van der Waals surface area contributed by atoms with Gasteiger partial charge in [-0.25, -0.2) is 0 Å². The van der Waals surface area contributed by atoms with E-state index in [2.05, 4.69) is 0 Å². The number of phenolic OH excluding ortho intramolecular Hbond substituents is 1. The van der Waals surface area contributed by atoms with Gasteiger partial charge >= 0.3 is 5.97 Å². The molecule has 1 heterocycles. The Hall–Kier alpha value is -2.30. The number of carboxylic acids is 1. The van der Waals surface area contributed by atoms with Crippen LogP contribution in [0.3, 0.4) is 0 Å². The van der Waals surface area contributed by atoms with E-state index in [4.69, 9.17) is 9.52 Å². The number of aryl methyl sites for hydroxylation is 1. The van der Waals surface area contributed by atoms with Crippen molar-refractivity contribution in [1.82, 2.24) is 0 Å². The Balaban J connectivity index is 2.30. The van der Waals surface area contributed by atoms with Crippen LogP contribution in [-0.2, 0) is 11.2 Å². The monoisotopic (exact) mass is 248 g/mol. The zero-order valence-corrected chi connectivity index (χ0v) is 9.55. The molecule has 0 aliphatic carbocycles. The highest BCUT2D eigenvalue weighted by atomic mass is 16.4. The molecule has 0 aliphatic heterocycles. The maximum Gasteiger partial charge on any atom is 0.303 e. The minimum absolute atomic E-state index is 0.0209. The largest absolute Gasteiger partial charge is 0.508 e. The van der Waals surface area contributed by atoms with Gasteiger partial charge in [0.1, 0.15) is 11.3 Å². The van der Waals surface area contributed by atoms with Gasteiger partial charge in [0, 0.05) is 18.1 Å². The lowest BCUT2D eigenvalue weighted by molar-refractivity contribution is -0.137. The molecule has 1 aromatic carbocycles. The Kier molecular flexibility index (Phi) is 3.32. The van der Waals surface area contributed by atoms with Gasteiger partial charge in [-0.2, -0.15) is 0 Å². The average Bonchev–Trinajstić information content (AvgIpc) is 2.31. The molecule has 0 saturated carbocycles. The lowest BCUT2D eigenvalue weighted by Gasteiger charge is -2.02. The van der Waals surface area contributed by atoms with Crippen molar-refractivity contribution in [3.63, 3.8) is 0 Å². The van der Waals surface area contributed by atoms with Gasteiger partial charge in [-0.3, -0.25) is 9.59 Å². The Bertz CT molecular complexity index is 641. The van der Waals surface area contributed by atoms with E-state index in [1.807, 2.05) is 0 Å². The van der Waals surface area contributed by atoms with Gasteiger partial charge in [0.25, 0.3) is 0 Å². The van der Waals surface area contributed by atoms with Crippen molar-refractivity contribution >= 4 is 16.9 Å². The third-order valence-corrected chi connectivity index (χ3v) is 2.67. The van der Waals surface area contributed by atoms with Crippen LogP contribution in [0.1, 0.15) is 18.4 Å². The van der Waals surface area contributed by atoms with Gasteiger partial charge in [-0.15, -0.1) is 0 Å². The number of carboxylic acid groups (broad SMARTS) is 1. The van der Waals surface area contributed by atoms with Gasteiger partial charge in [-0.05, 0) is 25.0 Å². The zero-order valence-electron chi connectivity index (χ0n) is 9.55. The second kappa shape index (κ2) is 4.91. The summed E-state index contributed by atoms with van der Waals surface area (Å²) in [5.41, 5.74) is 0.595. The molecule has 94 valence electrons. The summed E-state index contributed by atoms with van der Waals surface area (Å²) in [7, 11) is 0. The maximum absolute atomic E-state index is 12.0. The molecule has 0 bridgehead atoms.